The average Bonchev–Trinajstić information content (AvgIpc) is 2.25. The van der Waals surface area contributed by atoms with E-state index in [1.165, 1.54) is 22.4 Å². The number of hydrogen-bond acceptors (Lipinski definition) is 5. The zero-order valence-corrected chi connectivity index (χ0v) is 10.3. The Morgan fingerprint density at radius 3 is 2.38 bits per heavy atom. The highest BCUT2D eigenvalue weighted by Gasteiger charge is 2.14. The van der Waals surface area contributed by atoms with Crippen LogP contribution in [0.5, 0.6) is 0 Å². The fraction of sp³-hybridized carbons (Fsp3) is 0.889. The number of carboxylic acid groups (broad SMARTS) is 1. The standard InChI is InChI=1S/C9H21N3O4/c1-5-7-11(9(13)14)8-16-10(3)12(6-2)15-4/h5-8H2,1-4H3,(H,13,14). The van der Waals surface area contributed by atoms with Gasteiger partial charge in [0.2, 0.25) is 0 Å². The fourth-order valence-electron chi connectivity index (χ4n) is 1.15. The summed E-state index contributed by atoms with van der Waals surface area (Å²) in [6, 6.07) is 0. The number of carbonyl (C=O) groups is 1. The maximum absolute atomic E-state index is 10.8. The summed E-state index contributed by atoms with van der Waals surface area (Å²) in [5.41, 5.74) is 0. The van der Waals surface area contributed by atoms with Crippen LogP contribution in [0.3, 0.4) is 0 Å². The topological polar surface area (TPSA) is 65.5 Å². The van der Waals surface area contributed by atoms with Crippen molar-refractivity contribution in [3.05, 3.63) is 0 Å². The van der Waals surface area contributed by atoms with Gasteiger partial charge in [-0.2, -0.15) is 0 Å². The van der Waals surface area contributed by atoms with E-state index in [1.807, 2.05) is 13.8 Å². The first-order valence-corrected chi connectivity index (χ1v) is 5.22. The molecule has 7 heteroatoms. The third kappa shape index (κ3) is 5.26. The Balaban J connectivity index is 4.03. The van der Waals surface area contributed by atoms with Crippen molar-refractivity contribution in [2.24, 2.45) is 0 Å². The molecule has 0 aromatic rings. The van der Waals surface area contributed by atoms with Crippen LogP contribution in [-0.2, 0) is 9.68 Å². The van der Waals surface area contributed by atoms with Crippen molar-refractivity contribution in [2.45, 2.75) is 20.3 Å². The maximum atomic E-state index is 10.8. The first kappa shape index (κ1) is 15.1. The monoisotopic (exact) mass is 235 g/mol. The van der Waals surface area contributed by atoms with Crippen LogP contribution < -0.4 is 0 Å². The minimum Gasteiger partial charge on any atom is -0.465 e. The Hall–Kier alpha value is -0.890. The molecule has 0 aromatic heterocycles. The van der Waals surface area contributed by atoms with Crippen LogP contribution in [0, 0.1) is 0 Å². The fourth-order valence-corrected chi connectivity index (χ4v) is 1.15. The molecule has 0 heterocycles. The van der Waals surface area contributed by atoms with E-state index in [0.29, 0.717) is 13.1 Å². The van der Waals surface area contributed by atoms with Crippen molar-refractivity contribution >= 4 is 6.09 Å². The summed E-state index contributed by atoms with van der Waals surface area (Å²) in [4.78, 5) is 22.2. The van der Waals surface area contributed by atoms with Crippen LogP contribution in [0.15, 0.2) is 0 Å². The van der Waals surface area contributed by atoms with Gasteiger partial charge in [0.25, 0.3) is 0 Å². The predicted octanol–water partition coefficient (Wildman–Crippen LogP) is 0.996. The summed E-state index contributed by atoms with van der Waals surface area (Å²) in [6.07, 6.45) is -0.239. The lowest BCUT2D eigenvalue weighted by atomic mass is 10.4. The average molecular weight is 235 g/mol. The summed E-state index contributed by atoms with van der Waals surface area (Å²) in [6.45, 7) is 4.84. The molecular formula is C9H21N3O4. The van der Waals surface area contributed by atoms with Crippen LogP contribution >= 0.6 is 0 Å². The minimum atomic E-state index is -0.990. The van der Waals surface area contributed by atoms with Gasteiger partial charge in [0, 0.05) is 20.1 Å². The molecule has 0 bridgehead atoms. The summed E-state index contributed by atoms with van der Waals surface area (Å²) in [7, 11) is 3.17. The lowest BCUT2D eigenvalue weighted by Gasteiger charge is -2.29. The third-order valence-corrected chi connectivity index (χ3v) is 1.96. The highest BCUT2D eigenvalue weighted by Crippen LogP contribution is 1.99. The Morgan fingerprint density at radius 2 is 2.00 bits per heavy atom. The highest BCUT2D eigenvalue weighted by molar-refractivity contribution is 5.64. The molecule has 96 valence electrons. The molecule has 0 rings (SSSR count). The molecule has 0 aromatic carbocycles. The molecule has 7 nitrogen and oxygen atoms in total. The summed E-state index contributed by atoms with van der Waals surface area (Å²) in [5, 5.41) is 11.7. The molecule has 0 saturated heterocycles. The molecule has 0 aliphatic carbocycles. The molecule has 0 atom stereocenters. The summed E-state index contributed by atoms with van der Waals surface area (Å²) < 4.78 is 0. The van der Waals surface area contributed by atoms with Gasteiger partial charge in [0.15, 0.2) is 0 Å². The Bertz CT molecular complexity index is 199. The largest absolute Gasteiger partial charge is 0.465 e. The van der Waals surface area contributed by atoms with E-state index in [0.717, 1.165) is 6.42 Å². The molecule has 16 heavy (non-hydrogen) atoms. The third-order valence-electron chi connectivity index (χ3n) is 1.96. The lowest BCUT2D eigenvalue weighted by molar-refractivity contribution is -0.391. The van der Waals surface area contributed by atoms with Gasteiger partial charge in [0.05, 0.1) is 7.11 Å². The second kappa shape index (κ2) is 8.28. The lowest BCUT2D eigenvalue weighted by Crippen LogP contribution is -2.43. The number of rotatable bonds is 8. The van der Waals surface area contributed by atoms with Crippen LogP contribution in [0.2, 0.25) is 0 Å². The number of hydrazine groups is 1. The smallest absolute Gasteiger partial charge is 0.409 e. The van der Waals surface area contributed by atoms with Gasteiger partial charge in [-0.15, -0.1) is 0 Å². The zero-order valence-electron chi connectivity index (χ0n) is 10.3. The van der Waals surface area contributed by atoms with E-state index in [-0.39, 0.29) is 6.73 Å². The first-order chi connectivity index (χ1) is 7.56. The van der Waals surface area contributed by atoms with Gasteiger partial charge >= 0.3 is 6.09 Å². The van der Waals surface area contributed by atoms with Crippen molar-refractivity contribution in [1.29, 1.82) is 0 Å². The first-order valence-electron chi connectivity index (χ1n) is 5.22. The normalized spacial score (nSPS) is 11.1. The van der Waals surface area contributed by atoms with E-state index >= 15 is 0 Å². The molecule has 1 amide bonds. The molecule has 0 radical (unpaired) electrons. The van der Waals surface area contributed by atoms with Crippen LogP contribution in [0.4, 0.5) is 4.79 Å². The number of hydroxylamine groups is 2. The van der Waals surface area contributed by atoms with Gasteiger partial charge < -0.3 is 5.11 Å². The molecule has 0 aliphatic rings. The van der Waals surface area contributed by atoms with Crippen molar-refractivity contribution < 1.29 is 19.6 Å². The van der Waals surface area contributed by atoms with Gasteiger partial charge in [-0.05, 0) is 13.3 Å². The van der Waals surface area contributed by atoms with E-state index in [9.17, 15) is 4.79 Å². The quantitative estimate of drug-likeness (QED) is 0.500. The molecular weight excluding hydrogens is 214 g/mol. The van der Waals surface area contributed by atoms with Crippen molar-refractivity contribution in [3.8, 4) is 0 Å². The van der Waals surface area contributed by atoms with Gasteiger partial charge in [-0.25, -0.2) is 4.79 Å². The van der Waals surface area contributed by atoms with E-state index in [2.05, 4.69) is 0 Å². The zero-order chi connectivity index (χ0) is 12.6. The van der Waals surface area contributed by atoms with Crippen LogP contribution in [0.25, 0.3) is 0 Å². The molecule has 0 unspecified atom stereocenters. The molecule has 1 N–H and O–H groups in total. The van der Waals surface area contributed by atoms with Crippen LogP contribution in [0.1, 0.15) is 20.3 Å². The highest BCUT2D eigenvalue weighted by atomic mass is 16.8. The Labute approximate surface area is 96.0 Å². The molecule has 0 spiro atoms. The van der Waals surface area contributed by atoms with Gasteiger partial charge in [-0.3, -0.25) is 14.6 Å². The second-order valence-electron chi connectivity index (χ2n) is 3.12. The van der Waals surface area contributed by atoms with E-state index in [1.54, 1.807) is 7.05 Å². The number of hydrogen-bond donors (Lipinski definition) is 1. The maximum Gasteiger partial charge on any atom is 0.409 e. The number of nitrogens with zero attached hydrogens (tertiary/aromatic N) is 3. The van der Waals surface area contributed by atoms with Crippen molar-refractivity contribution in [1.82, 2.24) is 15.2 Å². The Kier molecular flexibility index (Phi) is 7.82. The van der Waals surface area contributed by atoms with Crippen molar-refractivity contribution in [3.63, 3.8) is 0 Å². The molecule has 0 saturated carbocycles. The predicted molar refractivity (Wildman–Crippen MR) is 58.1 cm³/mol. The minimum absolute atomic E-state index is 0.0144. The van der Waals surface area contributed by atoms with Gasteiger partial charge in [-0.1, -0.05) is 17.3 Å². The second-order valence-corrected chi connectivity index (χ2v) is 3.12. The summed E-state index contributed by atoms with van der Waals surface area (Å²) >= 11 is 0. The Morgan fingerprint density at radius 1 is 1.38 bits per heavy atom. The molecule has 0 fully saturated rings. The van der Waals surface area contributed by atoms with E-state index in [4.69, 9.17) is 14.8 Å². The van der Waals surface area contributed by atoms with Crippen molar-refractivity contribution in [2.75, 3.05) is 34.0 Å². The van der Waals surface area contributed by atoms with E-state index < -0.39 is 6.09 Å². The summed E-state index contributed by atoms with van der Waals surface area (Å²) in [5.74, 6) is 0. The van der Waals surface area contributed by atoms with Gasteiger partial charge in [0.1, 0.15) is 6.73 Å². The number of amides is 1. The van der Waals surface area contributed by atoms with Crippen LogP contribution in [-0.4, -0.2) is 60.4 Å². The molecule has 0 aliphatic heterocycles. The SMILES string of the molecule is CCCN(CON(C)N(CC)OC)C(=O)O.